The zero-order chi connectivity index (χ0) is 12.3. The average Bonchev–Trinajstić information content (AvgIpc) is 2.39. The molecule has 0 heterocycles. The first-order valence-corrected chi connectivity index (χ1v) is 6.20. The van der Waals surface area contributed by atoms with E-state index in [9.17, 15) is 4.39 Å². The maximum Gasteiger partial charge on any atom is 0.165 e. The molecule has 1 aromatic carbocycles. The molecule has 1 aliphatic carbocycles. The molecule has 0 N–H and O–H groups in total. The van der Waals surface area contributed by atoms with Crippen LogP contribution in [0.2, 0.25) is 0 Å². The first-order valence-electron chi connectivity index (χ1n) is 6.20. The predicted octanol–water partition coefficient (Wildman–Crippen LogP) is 4.29. The Morgan fingerprint density at radius 3 is 2.53 bits per heavy atom. The molecular weight excluding hydrogens is 215 g/mol. The predicted molar refractivity (Wildman–Crippen MR) is 67.8 cm³/mol. The first kappa shape index (κ1) is 12.2. The fourth-order valence-electron chi connectivity index (χ4n) is 2.62. The lowest BCUT2D eigenvalue weighted by molar-refractivity contribution is 0.370. The van der Waals surface area contributed by atoms with E-state index in [0.29, 0.717) is 17.6 Å². The minimum atomic E-state index is -0.254. The summed E-state index contributed by atoms with van der Waals surface area (Å²) in [4.78, 5) is 0. The third-order valence-corrected chi connectivity index (χ3v) is 3.75. The summed E-state index contributed by atoms with van der Waals surface area (Å²) in [6.07, 6.45) is 6.64. The van der Waals surface area contributed by atoms with E-state index in [1.807, 2.05) is 12.1 Å². The van der Waals surface area contributed by atoms with Crippen molar-refractivity contribution in [2.75, 3.05) is 7.11 Å². The van der Waals surface area contributed by atoms with Crippen LogP contribution in [0.15, 0.2) is 30.9 Å². The maximum atomic E-state index is 13.6. The molecule has 0 saturated heterocycles. The van der Waals surface area contributed by atoms with Crippen molar-refractivity contribution in [1.29, 1.82) is 0 Å². The Balaban J connectivity index is 2.08. The van der Waals surface area contributed by atoms with Gasteiger partial charge in [0.05, 0.1) is 7.11 Å². The van der Waals surface area contributed by atoms with Gasteiger partial charge in [-0.05, 0) is 55.2 Å². The number of methoxy groups -OCH3 is 1. The van der Waals surface area contributed by atoms with Gasteiger partial charge in [-0.1, -0.05) is 12.1 Å². The van der Waals surface area contributed by atoms with Crippen molar-refractivity contribution in [2.24, 2.45) is 5.92 Å². The van der Waals surface area contributed by atoms with Gasteiger partial charge in [-0.2, -0.15) is 0 Å². The van der Waals surface area contributed by atoms with Crippen molar-refractivity contribution < 1.29 is 9.13 Å². The zero-order valence-corrected chi connectivity index (χ0v) is 10.3. The van der Waals surface area contributed by atoms with Gasteiger partial charge in [0.1, 0.15) is 0 Å². The van der Waals surface area contributed by atoms with Crippen molar-refractivity contribution in [3.8, 4) is 5.75 Å². The summed E-state index contributed by atoms with van der Waals surface area (Å²) in [6.45, 7) is 3.84. The van der Waals surface area contributed by atoms with Crippen LogP contribution < -0.4 is 4.74 Å². The Hall–Kier alpha value is -1.31. The van der Waals surface area contributed by atoms with Crippen LogP contribution in [-0.4, -0.2) is 7.11 Å². The standard InChI is InChI=1S/C15H19FO/c1-3-11-4-6-12(7-5-11)13-8-9-15(17-2)14(16)10-13/h3,8-12H,1,4-7H2,2H3. The normalized spacial score (nSPS) is 24.4. The monoisotopic (exact) mass is 234 g/mol. The molecule has 0 unspecified atom stereocenters. The Kier molecular flexibility index (Phi) is 3.82. The highest BCUT2D eigenvalue weighted by Gasteiger charge is 2.21. The SMILES string of the molecule is C=CC1CCC(c2ccc(OC)c(F)c2)CC1. The van der Waals surface area contributed by atoms with E-state index in [1.165, 1.54) is 20.0 Å². The average molecular weight is 234 g/mol. The van der Waals surface area contributed by atoms with Crippen LogP contribution in [0.1, 0.15) is 37.2 Å². The highest BCUT2D eigenvalue weighted by atomic mass is 19.1. The zero-order valence-electron chi connectivity index (χ0n) is 10.3. The Bertz CT molecular complexity index is 392. The van der Waals surface area contributed by atoms with Gasteiger partial charge in [-0.15, -0.1) is 6.58 Å². The van der Waals surface area contributed by atoms with Gasteiger partial charge in [0.25, 0.3) is 0 Å². The van der Waals surface area contributed by atoms with Crippen LogP contribution in [0.3, 0.4) is 0 Å². The van der Waals surface area contributed by atoms with Gasteiger partial charge < -0.3 is 4.74 Å². The van der Waals surface area contributed by atoms with Crippen molar-refractivity contribution >= 4 is 0 Å². The summed E-state index contributed by atoms with van der Waals surface area (Å²) in [5, 5.41) is 0. The number of ether oxygens (including phenoxy) is 1. The number of rotatable bonds is 3. The smallest absolute Gasteiger partial charge is 0.165 e. The molecule has 0 aromatic heterocycles. The molecule has 2 rings (SSSR count). The largest absolute Gasteiger partial charge is 0.494 e. The fraction of sp³-hybridized carbons (Fsp3) is 0.467. The maximum absolute atomic E-state index is 13.6. The van der Waals surface area contributed by atoms with E-state index in [4.69, 9.17) is 4.74 Å². The topological polar surface area (TPSA) is 9.23 Å². The summed E-state index contributed by atoms with van der Waals surface area (Å²) in [7, 11) is 1.49. The van der Waals surface area contributed by atoms with E-state index in [2.05, 4.69) is 6.58 Å². The van der Waals surface area contributed by atoms with E-state index in [1.54, 1.807) is 12.1 Å². The van der Waals surface area contributed by atoms with E-state index < -0.39 is 0 Å². The molecular formula is C15H19FO. The highest BCUT2D eigenvalue weighted by Crippen LogP contribution is 2.37. The highest BCUT2D eigenvalue weighted by molar-refractivity contribution is 5.31. The van der Waals surface area contributed by atoms with Crippen LogP contribution in [0.5, 0.6) is 5.75 Å². The second-order valence-corrected chi connectivity index (χ2v) is 4.74. The number of halogens is 1. The summed E-state index contributed by atoms with van der Waals surface area (Å²) >= 11 is 0. The van der Waals surface area contributed by atoms with E-state index in [0.717, 1.165) is 18.4 Å². The molecule has 0 bridgehead atoms. The second kappa shape index (κ2) is 5.35. The number of allylic oxidation sites excluding steroid dienone is 1. The van der Waals surface area contributed by atoms with Crippen LogP contribution in [0, 0.1) is 11.7 Å². The lowest BCUT2D eigenvalue weighted by Crippen LogP contribution is -2.11. The molecule has 2 heteroatoms. The summed E-state index contributed by atoms with van der Waals surface area (Å²) in [5.74, 6) is 1.21. The molecule has 0 atom stereocenters. The molecule has 1 aliphatic rings. The molecule has 1 fully saturated rings. The molecule has 0 spiro atoms. The Morgan fingerprint density at radius 2 is 2.00 bits per heavy atom. The van der Waals surface area contributed by atoms with Gasteiger partial charge in [0, 0.05) is 0 Å². The molecule has 92 valence electrons. The van der Waals surface area contributed by atoms with Crippen LogP contribution in [0.25, 0.3) is 0 Å². The molecule has 0 radical (unpaired) electrons. The summed E-state index contributed by atoms with van der Waals surface area (Å²) in [5.41, 5.74) is 1.10. The van der Waals surface area contributed by atoms with Gasteiger partial charge in [-0.3, -0.25) is 0 Å². The van der Waals surface area contributed by atoms with Gasteiger partial charge in [0.2, 0.25) is 0 Å². The number of hydrogen-bond acceptors (Lipinski definition) is 1. The lowest BCUT2D eigenvalue weighted by atomic mass is 9.79. The van der Waals surface area contributed by atoms with Crippen LogP contribution >= 0.6 is 0 Å². The van der Waals surface area contributed by atoms with E-state index in [-0.39, 0.29) is 5.82 Å². The quantitative estimate of drug-likeness (QED) is 0.709. The third-order valence-electron chi connectivity index (χ3n) is 3.75. The van der Waals surface area contributed by atoms with Crippen molar-refractivity contribution in [3.63, 3.8) is 0 Å². The molecule has 1 nitrogen and oxygen atoms in total. The van der Waals surface area contributed by atoms with Crippen molar-refractivity contribution in [1.82, 2.24) is 0 Å². The summed E-state index contributed by atoms with van der Waals surface area (Å²) in [6, 6.07) is 5.34. The molecule has 1 saturated carbocycles. The minimum Gasteiger partial charge on any atom is -0.494 e. The van der Waals surface area contributed by atoms with Crippen LogP contribution in [-0.2, 0) is 0 Å². The van der Waals surface area contributed by atoms with Crippen LogP contribution in [0.4, 0.5) is 4.39 Å². The van der Waals surface area contributed by atoms with E-state index >= 15 is 0 Å². The molecule has 17 heavy (non-hydrogen) atoms. The second-order valence-electron chi connectivity index (χ2n) is 4.74. The first-order chi connectivity index (χ1) is 8.24. The minimum absolute atomic E-state index is 0.254. The number of benzene rings is 1. The number of hydrogen-bond donors (Lipinski definition) is 0. The fourth-order valence-corrected chi connectivity index (χ4v) is 2.62. The third kappa shape index (κ3) is 2.68. The van der Waals surface area contributed by atoms with Gasteiger partial charge in [-0.25, -0.2) is 4.39 Å². The van der Waals surface area contributed by atoms with Crippen molar-refractivity contribution in [3.05, 3.63) is 42.2 Å². The van der Waals surface area contributed by atoms with Gasteiger partial charge >= 0.3 is 0 Å². The molecule has 0 aliphatic heterocycles. The van der Waals surface area contributed by atoms with Crippen molar-refractivity contribution in [2.45, 2.75) is 31.6 Å². The summed E-state index contributed by atoms with van der Waals surface area (Å²) < 4.78 is 18.5. The Labute approximate surface area is 102 Å². The lowest BCUT2D eigenvalue weighted by Gasteiger charge is -2.27. The molecule has 0 amide bonds. The van der Waals surface area contributed by atoms with Gasteiger partial charge in [0.15, 0.2) is 11.6 Å². The molecule has 1 aromatic rings. The Morgan fingerprint density at radius 1 is 1.29 bits per heavy atom.